The van der Waals surface area contributed by atoms with Gasteiger partial charge in [-0.1, -0.05) is 0 Å². The number of hydrogen-bond acceptors (Lipinski definition) is 2. The van der Waals surface area contributed by atoms with Gasteiger partial charge in [-0.2, -0.15) is 10.5 Å². The molecule has 0 N–H and O–H groups in total. The maximum Gasteiger partial charge on any atom is 0.0967 e. The Bertz CT molecular complexity index is 78.1. The normalized spacial score (nSPS) is 3.78. The number of halogens is 2. The molecule has 0 saturated carbocycles. The first-order chi connectivity index (χ1) is 4.24. The van der Waals surface area contributed by atoms with E-state index < -0.39 is 0 Å². The molecule has 0 fully saturated rings. The first-order valence-corrected chi connectivity index (χ1v) is 3.05. The van der Waals surface area contributed by atoms with Crippen molar-refractivity contribution in [3.63, 3.8) is 0 Å². The van der Waals surface area contributed by atoms with Crippen molar-refractivity contribution in [1.29, 1.82) is 10.5 Å². The topological polar surface area (TPSA) is 47.6 Å². The zero-order chi connectivity index (χ0) is 8.12. The van der Waals surface area contributed by atoms with E-state index >= 15 is 0 Å². The second kappa shape index (κ2) is 49.6. The Morgan fingerprint density at radius 2 is 1.11 bits per heavy atom. The average Bonchev–Trinajstić information content (AvgIpc) is 1.70. The van der Waals surface area contributed by atoms with E-state index in [-0.39, 0.29) is 5.34 Å². The van der Waals surface area contributed by atoms with Gasteiger partial charge in [-0.25, -0.2) is 0 Å². The smallest absolute Gasteiger partial charge is 0.0967 e. The molecule has 0 spiro atoms. The molecule has 0 atom stereocenters. The minimum Gasteiger partial charge on any atom is -0.199 e. The van der Waals surface area contributed by atoms with Gasteiger partial charge in [0.15, 0.2) is 0 Å². The lowest BCUT2D eigenvalue weighted by Gasteiger charge is -1.42. The van der Waals surface area contributed by atoms with Crippen molar-refractivity contribution in [2.75, 3.05) is 5.34 Å². The van der Waals surface area contributed by atoms with E-state index in [2.05, 4.69) is 0 Å². The Balaban J connectivity index is -0.0000000600. The Hall–Kier alpha value is -0.440. The zero-order valence-electron chi connectivity index (χ0n) is 5.36. The summed E-state index contributed by atoms with van der Waals surface area (Å²) in [6.45, 7) is 2.86. The van der Waals surface area contributed by atoms with Crippen LogP contribution in [0.2, 0.25) is 0 Å². The van der Waals surface area contributed by atoms with E-state index in [1.54, 1.807) is 12.1 Å². The third-order valence-corrected chi connectivity index (χ3v) is 0. The van der Waals surface area contributed by atoms with Gasteiger partial charge >= 0.3 is 0 Å². The van der Waals surface area contributed by atoms with Gasteiger partial charge in [0, 0.05) is 13.8 Å². The van der Waals surface area contributed by atoms with E-state index in [0.29, 0.717) is 0 Å². The third kappa shape index (κ3) is 1210. The predicted octanol–water partition coefficient (Wildman–Crippen LogP) is 2.48. The van der Waals surface area contributed by atoms with Crippen molar-refractivity contribution in [2.45, 2.75) is 13.8 Å². The monoisotopic (exact) mass is 166 g/mol. The molecule has 0 amide bonds. The molecule has 4 heteroatoms. The summed E-state index contributed by atoms with van der Waals surface area (Å²) in [6, 6.07) is 3.50. The molecule has 9 heavy (non-hydrogen) atoms. The summed E-state index contributed by atoms with van der Waals surface area (Å²) < 4.78 is 0. The fourth-order valence-corrected chi connectivity index (χ4v) is 0. The summed E-state index contributed by atoms with van der Waals surface area (Å²) in [5.41, 5.74) is 0. The largest absolute Gasteiger partial charge is 0.199 e. The fourth-order valence-electron chi connectivity index (χ4n) is 0. The van der Waals surface area contributed by atoms with Crippen LogP contribution in [0.4, 0.5) is 0 Å². The van der Waals surface area contributed by atoms with Crippen molar-refractivity contribution in [2.24, 2.45) is 0 Å². The van der Waals surface area contributed by atoms with Crippen LogP contribution in [0.25, 0.3) is 0 Å². The highest BCUT2D eigenvalue weighted by molar-refractivity contribution is 6.40. The molecule has 2 nitrogen and oxygen atoms in total. The lowest BCUT2D eigenvalue weighted by molar-refractivity contribution is 1.49. The summed E-state index contributed by atoms with van der Waals surface area (Å²) in [6.07, 6.45) is 0. The molecule has 0 bridgehead atoms. The van der Waals surface area contributed by atoms with Crippen molar-refractivity contribution >= 4 is 23.2 Å². The second-order valence-corrected chi connectivity index (χ2v) is 1.36. The van der Waals surface area contributed by atoms with Gasteiger partial charge in [-0.05, 0) is 0 Å². The summed E-state index contributed by atoms with van der Waals surface area (Å²) in [5, 5.41) is 14.8. The SMILES string of the molecule is CC#N.CC#N.ClCCl. The molecule has 0 aromatic carbocycles. The van der Waals surface area contributed by atoms with Crippen LogP contribution < -0.4 is 0 Å². The van der Waals surface area contributed by atoms with E-state index in [1.165, 1.54) is 13.8 Å². The minimum atomic E-state index is 0.194. The molecule has 0 unspecified atom stereocenters. The zero-order valence-corrected chi connectivity index (χ0v) is 6.87. The Morgan fingerprint density at radius 3 is 1.11 bits per heavy atom. The molecule has 52 valence electrons. The van der Waals surface area contributed by atoms with Crippen LogP contribution in [0.3, 0.4) is 0 Å². The Kier molecular flexibility index (Phi) is 87.3. The van der Waals surface area contributed by atoms with Gasteiger partial charge in [0.05, 0.1) is 17.5 Å². The Morgan fingerprint density at radius 1 is 1.11 bits per heavy atom. The second-order valence-electron chi connectivity index (χ2n) is 0.548. The minimum absolute atomic E-state index is 0.194. The Labute approximate surface area is 65.6 Å². The maximum atomic E-state index is 7.32. The summed E-state index contributed by atoms with van der Waals surface area (Å²) in [5.74, 6) is 0. The quantitative estimate of drug-likeness (QED) is 0.520. The van der Waals surface area contributed by atoms with Gasteiger partial charge in [0.1, 0.15) is 0 Å². The van der Waals surface area contributed by atoms with Gasteiger partial charge in [-0.3, -0.25) is 0 Å². The van der Waals surface area contributed by atoms with E-state index in [1.807, 2.05) is 0 Å². The van der Waals surface area contributed by atoms with E-state index in [4.69, 9.17) is 33.7 Å². The summed E-state index contributed by atoms with van der Waals surface area (Å²) >= 11 is 9.53. The highest BCUT2D eigenvalue weighted by Gasteiger charge is 1.41. The van der Waals surface area contributed by atoms with Crippen LogP contribution in [0.5, 0.6) is 0 Å². The number of hydrogen-bond donors (Lipinski definition) is 0. The lowest BCUT2D eigenvalue weighted by Crippen LogP contribution is -1.24. The molecule has 0 radical (unpaired) electrons. The highest BCUT2D eigenvalue weighted by atomic mass is 35.5. The number of nitrogens with zero attached hydrogens (tertiary/aromatic N) is 2. The lowest BCUT2D eigenvalue weighted by atomic mass is 11.0. The fraction of sp³-hybridized carbons (Fsp3) is 0.600. The van der Waals surface area contributed by atoms with Crippen molar-refractivity contribution in [3.8, 4) is 12.1 Å². The van der Waals surface area contributed by atoms with Gasteiger partial charge in [0.2, 0.25) is 0 Å². The van der Waals surface area contributed by atoms with E-state index in [0.717, 1.165) is 0 Å². The van der Waals surface area contributed by atoms with Crippen molar-refractivity contribution < 1.29 is 0 Å². The molecule has 0 saturated heterocycles. The molecular formula is C5H8Cl2N2. The van der Waals surface area contributed by atoms with Crippen LogP contribution in [-0.4, -0.2) is 5.34 Å². The van der Waals surface area contributed by atoms with Gasteiger partial charge in [-0.15, -0.1) is 23.2 Å². The van der Waals surface area contributed by atoms with Crippen LogP contribution >= 0.6 is 23.2 Å². The first-order valence-electron chi connectivity index (χ1n) is 1.98. The standard InChI is InChI=1S/2C2H3N.CH2Cl2/c2*1-2-3;2-1-3/h2*1H3;1H2. The predicted molar refractivity (Wildman–Crippen MR) is 39.1 cm³/mol. The molecule has 0 aliphatic heterocycles. The highest BCUT2D eigenvalue weighted by Crippen LogP contribution is 1.73. The summed E-state index contributed by atoms with van der Waals surface area (Å²) in [4.78, 5) is 0. The molecular weight excluding hydrogens is 159 g/mol. The van der Waals surface area contributed by atoms with Crippen LogP contribution in [0.15, 0.2) is 0 Å². The van der Waals surface area contributed by atoms with Crippen LogP contribution in [0, 0.1) is 22.7 Å². The van der Waals surface area contributed by atoms with Gasteiger partial charge < -0.3 is 0 Å². The average molecular weight is 167 g/mol. The molecule has 0 heterocycles. The molecule has 0 aliphatic carbocycles. The molecule has 0 rings (SSSR count). The molecule has 0 aromatic rings. The summed E-state index contributed by atoms with van der Waals surface area (Å²) in [7, 11) is 0. The molecule has 0 aromatic heterocycles. The van der Waals surface area contributed by atoms with E-state index in [9.17, 15) is 0 Å². The number of alkyl halides is 2. The van der Waals surface area contributed by atoms with Crippen LogP contribution in [0.1, 0.15) is 13.8 Å². The molecule has 0 aliphatic rings. The van der Waals surface area contributed by atoms with Gasteiger partial charge in [0.25, 0.3) is 0 Å². The van der Waals surface area contributed by atoms with Crippen molar-refractivity contribution in [1.82, 2.24) is 0 Å². The number of nitriles is 2. The third-order valence-electron chi connectivity index (χ3n) is 0. The first kappa shape index (κ1) is 15.8. The van der Waals surface area contributed by atoms with Crippen LogP contribution in [-0.2, 0) is 0 Å². The number of rotatable bonds is 0. The van der Waals surface area contributed by atoms with Crippen molar-refractivity contribution in [3.05, 3.63) is 0 Å². The maximum absolute atomic E-state index is 7.32.